The number of allylic oxidation sites excluding steroid dienone is 5. The van der Waals surface area contributed by atoms with Crippen LogP contribution in [0.1, 0.15) is 32.6 Å². The minimum atomic E-state index is -0.891. The van der Waals surface area contributed by atoms with Crippen LogP contribution in [-0.2, 0) is 4.79 Å². The van der Waals surface area contributed by atoms with Crippen LogP contribution in [0, 0.1) is 5.92 Å². The molecule has 1 atom stereocenters. The van der Waals surface area contributed by atoms with Gasteiger partial charge in [-0.25, -0.2) is 4.79 Å². The van der Waals surface area contributed by atoms with Crippen LogP contribution in [0.2, 0.25) is 0 Å². The highest BCUT2D eigenvalue weighted by Crippen LogP contribution is 2.21. The smallest absolute Gasteiger partial charge is 0.328 e. The molecule has 0 aliphatic heterocycles. The molecule has 1 aliphatic rings. The van der Waals surface area contributed by atoms with Gasteiger partial charge < -0.3 is 5.11 Å². The summed E-state index contributed by atoms with van der Waals surface area (Å²) in [5.74, 6) is -0.246. The summed E-state index contributed by atoms with van der Waals surface area (Å²) >= 11 is 0. The Morgan fingerprint density at radius 2 is 2.47 bits per heavy atom. The third-order valence-electron chi connectivity index (χ3n) is 2.56. The topological polar surface area (TPSA) is 37.3 Å². The lowest BCUT2D eigenvalue weighted by atomic mass is 9.92. The zero-order chi connectivity index (χ0) is 11.1. The molecule has 0 aromatic carbocycles. The highest BCUT2D eigenvalue weighted by molar-refractivity contribution is 5.80. The summed E-state index contributed by atoms with van der Waals surface area (Å²) in [5, 5.41) is 8.47. The van der Waals surface area contributed by atoms with E-state index in [2.05, 4.69) is 19.1 Å². The molecule has 0 amide bonds. The molecule has 0 saturated heterocycles. The van der Waals surface area contributed by atoms with E-state index < -0.39 is 5.97 Å². The predicted octanol–water partition coefficient (Wildman–Crippen LogP) is 3.32. The van der Waals surface area contributed by atoms with Gasteiger partial charge in [-0.05, 0) is 30.4 Å². The molecule has 0 spiro atoms. The zero-order valence-electron chi connectivity index (χ0n) is 9.15. The normalized spacial score (nSPS) is 20.6. The number of carboxylic acids is 1. The van der Waals surface area contributed by atoms with Gasteiger partial charge in [0, 0.05) is 6.08 Å². The van der Waals surface area contributed by atoms with E-state index in [1.165, 1.54) is 25.3 Å². The van der Waals surface area contributed by atoms with Gasteiger partial charge in [-0.15, -0.1) is 0 Å². The van der Waals surface area contributed by atoms with Crippen molar-refractivity contribution < 1.29 is 9.90 Å². The highest BCUT2D eigenvalue weighted by atomic mass is 16.4. The van der Waals surface area contributed by atoms with Crippen LogP contribution in [0.15, 0.2) is 36.0 Å². The van der Waals surface area contributed by atoms with Gasteiger partial charge in [-0.3, -0.25) is 0 Å². The molecule has 1 N–H and O–H groups in total. The molecule has 1 aliphatic carbocycles. The first-order valence-electron chi connectivity index (χ1n) is 5.51. The maximum absolute atomic E-state index is 10.3. The Kier molecular flexibility index (Phi) is 4.88. The molecule has 0 radical (unpaired) electrons. The van der Waals surface area contributed by atoms with Crippen LogP contribution in [0.25, 0.3) is 0 Å². The Bertz CT molecular complexity index is 298. The molecule has 0 bridgehead atoms. The molecule has 0 heterocycles. The van der Waals surface area contributed by atoms with Gasteiger partial charge in [0.1, 0.15) is 0 Å². The van der Waals surface area contributed by atoms with Crippen molar-refractivity contribution in [1.82, 2.24) is 0 Å². The van der Waals surface area contributed by atoms with Crippen LogP contribution in [0.3, 0.4) is 0 Å². The summed E-state index contributed by atoms with van der Waals surface area (Å²) in [7, 11) is 0. The van der Waals surface area contributed by atoms with Gasteiger partial charge in [0.05, 0.1) is 0 Å². The maximum atomic E-state index is 10.3. The van der Waals surface area contributed by atoms with Crippen LogP contribution >= 0.6 is 0 Å². The summed E-state index contributed by atoms with van der Waals surface area (Å²) < 4.78 is 0. The zero-order valence-corrected chi connectivity index (χ0v) is 9.15. The Morgan fingerprint density at radius 3 is 3.00 bits per heavy atom. The molecule has 0 fully saturated rings. The molecule has 15 heavy (non-hydrogen) atoms. The second kappa shape index (κ2) is 6.23. The third kappa shape index (κ3) is 4.63. The van der Waals surface area contributed by atoms with Crippen LogP contribution in [-0.4, -0.2) is 11.1 Å². The lowest BCUT2D eigenvalue weighted by molar-refractivity contribution is -0.131. The second-order valence-corrected chi connectivity index (χ2v) is 3.87. The van der Waals surface area contributed by atoms with Gasteiger partial charge in [0.25, 0.3) is 0 Å². The van der Waals surface area contributed by atoms with Crippen molar-refractivity contribution in [3.05, 3.63) is 36.0 Å². The van der Waals surface area contributed by atoms with Gasteiger partial charge >= 0.3 is 5.97 Å². The van der Waals surface area contributed by atoms with Gasteiger partial charge in [0.15, 0.2) is 0 Å². The minimum Gasteiger partial charge on any atom is -0.478 e. The number of unbranched alkanes of at least 4 members (excludes halogenated alkanes) is 1. The number of hydrogen-bond acceptors (Lipinski definition) is 1. The van der Waals surface area contributed by atoms with Crippen LogP contribution in [0.4, 0.5) is 0 Å². The summed E-state index contributed by atoms with van der Waals surface area (Å²) in [6, 6.07) is 0. The quantitative estimate of drug-likeness (QED) is 0.700. The summed E-state index contributed by atoms with van der Waals surface area (Å²) in [6.07, 6.45) is 13.9. The molecular formula is C13H18O2. The standard InChI is InChI=1S/C13H18O2/c1-2-3-4-11-5-7-12(8-6-11)9-10-13(14)15/h5,7-11H,2-4,6H2,1H3,(H,14,15)/b10-9-. The molecule has 0 saturated carbocycles. The van der Waals surface area contributed by atoms with E-state index >= 15 is 0 Å². The summed E-state index contributed by atoms with van der Waals surface area (Å²) in [4.78, 5) is 10.3. The van der Waals surface area contributed by atoms with Gasteiger partial charge in [0.2, 0.25) is 0 Å². The molecule has 2 nitrogen and oxygen atoms in total. The fraction of sp³-hybridized carbons (Fsp3) is 0.462. The van der Waals surface area contributed by atoms with Crippen molar-refractivity contribution in [2.45, 2.75) is 32.6 Å². The lowest BCUT2D eigenvalue weighted by Gasteiger charge is -2.13. The molecule has 0 aromatic rings. The molecular weight excluding hydrogens is 188 g/mol. The van der Waals surface area contributed by atoms with Crippen molar-refractivity contribution in [1.29, 1.82) is 0 Å². The largest absolute Gasteiger partial charge is 0.478 e. The first-order chi connectivity index (χ1) is 7.22. The van der Waals surface area contributed by atoms with E-state index in [4.69, 9.17) is 5.11 Å². The number of rotatable bonds is 5. The van der Waals surface area contributed by atoms with Gasteiger partial charge in [-0.1, -0.05) is 38.0 Å². The third-order valence-corrected chi connectivity index (χ3v) is 2.56. The number of hydrogen-bond donors (Lipinski definition) is 1. The fourth-order valence-electron chi connectivity index (χ4n) is 1.65. The maximum Gasteiger partial charge on any atom is 0.328 e. The first-order valence-corrected chi connectivity index (χ1v) is 5.51. The van der Waals surface area contributed by atoms with E-state index in [0.717, 1.165) is 12.0 Å². The van der Waals surface area contributed by atoms with Crippen molar-refractivity contribution in [3.8, 4) is 0 Å². The van der Waals surface area contributed by atoms with Crippen molar-refractivity contribution >= 4 is 5.97 Å². The van der Waals surface area contributed by atoms with E-state index in [9.17, 15) is 4.79 Å². The van der Waals surface area contributed by atoms with E-state index in [1.54, 1.807) is 6.08 Å². The van der Waals surface area contributed by atoms with E-state index in [0.29, 0.717) is 5.92 Å². The SMILES string of the molecule is CCCCC1C=CC(/C=C\C(=O)O)=CC1. The van der Waals surface area contributed by atoms with Crippen molar-refractivity contribution in [3.63, 3.8) is 0 Å². The van der Waals surface area contributed by atoms with Gasteiger partial charge in [-0.2, -0.15) is 0 Å². The van der Waals surface area contributed by atoms with E-state index in [1.807, 2.05) is 6.08 Å². The van der Waals surface area contributed by atoms with Crippen molar-refractivity contribution in [2.75, 3.05) is 0 Å². The summed E-state index contributed by atoms with van der Waals surface area (Å²) in [6.45, 7) is 2.20. The predicted molar refractivity (Wildman–Crippen MR) is 61.6 cm³/mol. The summed E-state index contributed by atoms with van der Waals surface area (Å²) in [5.41, 5.74) is 1.00. The number of carbonyl (C=O) groups is 1. The molecule has 0 aromatic heterocycles. The second-order valence-electron chi connectivity index (χ2n) is 3.87. The average Bonchev–Trinajstić information content (AvgIpc) is 2.25. The Balaban J connectivity index is 2.39. The molecule has 1 unspecified atom stereocenters. The lowest BCUT2D eigenvalue weighted by Crippen LogP contribution is -1.99. The van der Waals surface area contributed by atoms with Crippen LogP contribution in [0.5, 0.6) is 0 Å². The van der Waals surface area contributed by atoms with Crippen molar-refractivity contribution in [2.24, 2.45) is 5.92 Å². The first kappa shape index (κ1) is 11.8. The molecule has 82 valence electrons. The number of carboxylic acid groups (broad SMARTS) is 1. The average molecular weight is 206 g/mol. The highest BCUT2D eigenvalue weighted by Gasteiger charge is 2.06. The number of aliphatic carboxylic acids is 1. The molecule has 2 heteroatoms. The fourth-order valence-corrected chi connectivity index (χ4v) is 1.65. The Morgan fingerprint density at radius 1 is 1.67 bits per heavy atom. The Hall–Kier alpha value is -1.31. The van der Waals surface area contributed by atoms with E-state index in [-0.39, 0.29) is 0 Å². The molecule has 1 rings (SSSR count). The van der Waals surface area contributed by atoms with Crippen LogP contribution < -0.4 is 0 Å². The minimum absolute atomic E-state index is 0.645. The monoisotopic (exact) mass is 206 g/mol. The Labute approximate surface area is 91.0 Å².